The summed E-state index contributed by atoms with van der Waals surface area (Å²) < 4.78 is 10.5. The number of para-hydroxylation sites is 2. The minimum atomic E-state index is 0. The Bertz CT molecular complexity index is 355. The molecule has 0 aliphatic heterocycles. The monoisotopic (exact) mass is 232 g/mol. The molecule has 4 heteroatoms. The van der Waals surface area contributed by atoms with Crippen LogP contribution in [0, 0.1) is 0 Å². The molecule has 0 aliphatic rings. The average molecular weight is 232 g/mol. The van der Waals surface area contributed by atoms with Crippen molar-refractivity contribution >= 4 is 7.69 Å². The second-order valence-corrected chi connectivity index (χ2v) is 2.96. The summed E-state index contributed by atoms with van der Waals surface area (Å²) in [6.07, 6.45) is 0. The summed E-state index contributed by atoms with van der Waals surface area (Å²) in [7, 11) is 1.32. The van der Waals surface area contributed by atoms with Gasteiger partial charge in [-0.2, -0.15) is 0 Å². The summed E-state index contributed by atoms with van der Waals surface area (Å²) in [6, 6.07) is 19.0. The molecule has 0 saturated heterocycles. The maximum atomic E-state index is 5.26. The SMILES string of the molecule is [B+](Oc1ccccc1)Oc1ccccc1.[Cl-]. The first kappa shape index (κ1) is 12.5. The van der Waals surface area contributed by atoms with Gasteiger partial charge in [-0.3, -0.25) is 0 Å². The van der Waals surface area contributed by atoms with E-state index in [0.717, 1.165) is 11.5 Å². The summed E-state index contributed by atoms with van der Waals surface area (Å²) in [5.41, 5.74) is 0. The smallest absolute Gasteiger partial charge is 1.00 e. The van der Waals surface area contributed by atoms with Crippen LogP contribution in [-0.4, -0.2) is 7.69 Å². The molecule has 0 atom stereocenters. The van der Waals surface area contributed by atoms with Crippen molar-refractivity contribution in [2.75, 3.05) is 0 Å². The zero-order chi connectivity index (χ0) is 10.3. The summed E-state index contributed by atoms with van der Waals surface area (Å²) in [5, 5.41) is 0. The van der Waals surface area contributed by atoms with Crippen LogP contribution < -0.4 is 21.7 Å². The van der Waals surface area contributed by atoms with E-state index in [4.69, 9.17) is 9.31 Å². The molecule has 0 aliphatic carbocycles. The quantitative estimate of drug-likeness (QED) is 0.673. The molecule has 0 N–H and O–H groups in total. The Balaban J connectivity index is 0.00000128. The van der Waals surface area contributed by atoms with Gasteiger partial charge < -0.3 is 12.4 Å². The summed E-state index contributed by atoms with van der Waals surface area (Å²) >= 11 is 0. The molecule has 0 bridgehead atoms. The van der Waals surface area contributed by atoms with Crippen LogP contribution >= 0.6 is 0 Å². The molecule has 2 nitrogen and oxygen atoms in total. The van der Waals surface area contributed by atoms with Gasteiger partial charge >= 0.3 is 89.2 Å². The van der Waals surface area contributed by atoms with Gasteiger partial charge in [-0.1, -0.05) is 0 Å². The fraction of sp³-hybridized carbons (Fsp3) is 0. The molecule has 0 spiro atoms. The normalized spacial score (nSPS) is 8.50. The van der Waals surface area contributed by atoms with E-state index in [1.165, 1.54) is 7.69 Å². The van der Waals surface area contributed by atoms with Crippen LogP contribution in [0.4, 0.5) is 0 Å². The molecule has 0 amide bonds. The molecule has 0 heterocycles. The van der Waals surface area contributed by atoms with Gasteiger partial charge in [-0.15, -0.1) is 0 Å². The molecule has 16 heavy (non-hydrogen) atoms. The van der Waals surface area contributed by atoms with Crippen molar-refractivity contribution in [1.29, 1.82) is 0 Å². The van der Waals surface area contributed by atoms with E-state index < -0.39 is 0 Å². The van der Waals surface area contributed by atoms with Crippen LogP contribution in [0.25, 0.3) is 0 Å². The second kappa shape index (κ2) is 6.80. The van der Waals surface area contributed by atoms with Crippen molar-refractivity contribution in [2.45, 2.75) is 0 Å². The van der Waals surface area contributed by atoms with E-state index in [2.05, 4.69) is 0 Å². The third-order valence-electron chi connectivity index (χ3n) is 1.85. The Kier molecular flexibility index (Phi) is 5.30. The molecule has 0 saturated carbocycles. The molecular weight excluding hydrogens is 222 g/mol. The van der Waals surface area contributed by atoms with Gasteiger partial charge in [0.25, 0.3) is 0 Å². The largest absolute Gasteiger partial charge is 1.00 e. The van der Waals surface area contributed by atoms with Crippen molar-refractivity contribution in [3.05, 3.63) is 60.7 Å². The van der Waals surface area contributed by atoms with Crippen molar-refractivity contribution in [3.63, 3.8) is 0 Å². The minimum Gasteiger partial charge on any atom is -1.00 e. The Morgan fingerprint density at radius 3 is 1.38 bits per heavy atom. The Morgan fingerprint density at radius 1 is 0.625 bits per heavy atom. The van der Waals surface area contributed by atoms with Crippen LogP contribution in [0.2, 0.25) is 0 Å². The minimum absolute atomic E-state index is 0. The van der Waals surface area contributed by atoms with Crippen LogP contribution in [0.5, 0.6) is 11.5 Å². The Morgan fingerprint density at radius 2 is 1.00 bits per heavy atom. The van der Waals surface area contributed by atoms with E-state index in [1.54, 1.807) is 0 Å². The first-order valence-electron chi connectivity index (χ1n) is 4.70. The van der Waals surface area contributed by atoms with Gasteiger partial charge in [0.1, 0.15) is 0 Å². The zero-order valence-electron chi connectivity index (χ0n) is 8.55. The van der Waals surface area contributed by atoms with Crippen LogP contribution in [0.1, 0.15) is 0 Å². The van der Waals surface area contributed by atoms with Crippen LogP contribution in [0.15, 0.2) is 60.7 Å². The maximum Gasteiger partial charge on any atom is -1.00 e. The third-order valence-corrected chi connectivity index (χ3v) is 1.85. The van der Waals surface area contributed by atoms with Gasteiger partial charge in [0, 0.05) is 0 Å². The number of hydrogen-bond donors (Lipinski definition) is 0. The van der Waals surface area contributed by atoms with Crippen molar-refractivity contribution in [1.82, 2.24) is 0 Å². The van der Waals surface area contributed by atoms with Gasteiger partial charge in [-0.05, 0) is 0 Å². The molecule has 0 fully saturated rings. The summed E-state index contributed by atoms with van der Waals surface area (Å²) in [6.45, 7) is 0. The van der Waals surface area contributed by atoms with Crippen molar-refractivity contribution in [2.24, 2.45) is 0 Å². The van der Waals surface area contributed by atoms with Crippen LogP contribution in [-0.2, 0) is 0 Å². The topological polar surface area (TPSA) is 18.5 Å². The Hall–Kier alpha value is -1.61. The van der Waals surface area contributed by atoms with Crippen LogP contribution in [0.3, 0.4) is 0 Å². The average Bonchev–Trinajstić information content (AvgIpc) is 2.32. The van der Waals surface area contributed by atoms with Gasteiger partial charge in [-0.25, -0.2) is 0 Å². The predicted octanol–water partition coefficient (Wildman–Crippen LogP) is -0.317. The number of hydrogen-bond acceptors (Lipinski definition) is 2. The van der Waals surface area contributed by atoms with Gasteiger partial charge in [0.15, 0.2) is 0 Å². The van der Waals surface area contributed by atoms with Gasteiger partial charge in [0.05, 0.1) is 0 Å². The summed E-state index contributed by atoms with van der Waals surface area (Å²) in [4.78, 5) is 0. The van der Waals surface area contributed by atoms with E-state index in [-0.39, 0.29) is 12.4 Å². The number of rotatable bonds is 4. The fourth-order valence-electron chi connectivity index (χ4n) is 1.13. The predicted molar refractivity (Wildman–Crippen MR) is 59.9 cm³/mol. The third kappa shape index (κ3) is 3.87. The van der Waals surface area contributed by atoms with Gasteiger partial charge in [0.2, 0.25) is 0 Å². The summed E-state index contributed by atoms with van der Waals surface area (Å²) in [5.74, 6) is 1.52. The fourth-order valence-corrected chi connectivity index (χ4v) is 1.13. The van der Waals surface area contributed by atoms with E-state index >= 15 is 0 Å². The second-order valence-electron chi connectivity index (χ2n) is 2.96. The molecule has 0 radical (unpaired) electrons. The van der Waals surface area contributed by atoms with Crippen molar-refractivity contribution < 1.29 is 21.7 Å². The molecule has 80 valence electrons. The molecule has 0 aromatic heterocycles. The zero-order valence-corrected chi connectivity index (χ0v) is 9.30. The molecular formula is C12H10BClO2. The van der Waals surface area contributed by atoms with E-state index in [9.17, 15) is 0 Å². The van der Waals surface area contributed by atoms with Crippen molar-refractivity contribution in [3.8, 4) is 11.5 Å². The number of benzene rings is 2. The molecule has 2 rings (SSSR count). The Labute approximate surface area is 102 Å². The first-order chi connectivity index (χ1) is 7.45. The van der Waals surface area contributed by atoms with E-state index in [0.29, 0.717) is 0 Å². The molecule has 2 aromatic rings. The molecule has 2 aromatic carbocycles. The standard InChI is InChI=1S/C12H10BO2.ClH/c1-3-7-11(8-4-1)14-13-15-12-9-5-2-6-10-12;/h1-10H;1H/q+1;/p-1. The molecule has 0 unspecified atom stereocenters. The van der Waals surface area contributed by atoms with E-state index in [1.807, 2.05) is 60.7 Å². The maximum absolute atomic E-state index is 5.26. The number of halogens is 1. The first-order valence-corrected chi connectivity index (χ1v) is 4.70.